The van der Waals surface area contributed by atoms with Gasteiger partial charge < -0.3 is 4.52 Å². The predicted octanol–water partition coefficient (Wildman–Crippen LogP) is 4.53. The van der Waals surface area contributed by atoms with Gasteiger partial charge in [0.1, 0.15) is 20.2 Å². The Kier molecular flexibility index (Phi) is 4.73. The highest BCUT2D eigenvalue weighted by Gasteiger charge is 2.46. The molecule has 0 radical (unpaired) electrons. The Morgan fingerprint density at radius 1 is 1.04 bits per heavy atom. The molecule has 4 heteroatoms. The minimum absolute atomic E-state index is 0.0932. The van der Waals surface area contributed by atoms with E-state index in [0.717, 1.165) is 5.75 Å². The molecule has 0 aliphatic carbocycles. The maximum atomic E-state index is 6.40. The largest absolute Gasteiger partial charge is 0.334 e. The summed E-state index contributed by atoms with van der Waals surface area (Å²) in [4.78, 5) is 2.86. The first-order chi connectivity index (χ1) is 11.3. The van der Waals surface area contributed by atoms with E-state index in [1.54, 1.807) is 0 Å². The van der Waals surface area contributed by atoms with E-state index in [1.165, 1.54) is 29.2 Å². The van der Waals surface area contributed by atoms with Crippen LogP contribution in [0.1, 0.15) is 12.8 Å². The minimum atomic E-state index is -0.375. The molecule has 0 amide bonds. The van der Waals surface area contributed by atoms with E-state index in [1.807, 2.05) is 0 Å². The van der Waals surface area contributed by atoms with Crippen LogP contribution in [-0.4, -0.2) is 35.8 Å². The van der Waals surface area contributed by atoms with Crippen molar-refractivity contribution in [3.8, 4) is 0 Å². The molecule has 2 fully saturated rings. The molecule has 4 rings (SSSR count). The summed E-state index contributed by atoms with van der Waals surface area (Å²) in [6.45, 7) is 3.50. The summed E-state index contributed by atoms with van der Waals surface area (Å²) in [7, 11) is -0.282. The van der Waals surface area contributed by atoms with Crippen molar-refractivity contribution in [2.45, 2.75) is 34.8 Å². The molecule has 2 nitrogen and oxygen atoms in total. The van der Waals surface area contributed by atoms with Gasteiger partial charge in [0.25, 0.3) is 0 Å². The van der Waals surface area contributed by atoms with E-state index >= 15 is 0 Å². The third-order valence-electron chi connectivity index (χ3n) is 4.74. The van der Waals surface area contributed by atoms with E-state index in [9.17, 15) is 0 Å². The lowest BCUT2D eigenvalue weighted by Gasteiger charge is -2.18. The lowest BCUT2D eigenvalue weighted by Crippen LogP contribution is -2.33. The molecule has 2 aromatic rings. The normalized spacial score (nSPS) is 27.5. The highest BCUT2D eigenvalue weighted by atomic mass is 32.2. The Balaban J connectivity index is 1.62. The number of nitrogens with zero attached hydrogens (tertiary/aromatic N) is 1. The van der Waals surface area contributed by atoms with Crippen molar-refractivity contribution >= 4 is 19.2 Å². The zero-order valence-corrected chi connectivity index (χ0v) is 15.2. The maximum absolute atomic E-state index is 6.40. The second-order valence-corrected chi connectivity index (χ2v) is 9.87. The number of hydrogen-bond acceptors (Lipinski definition) is 2. The summed E-state index contributed by atoms with van der Waals surface area (Å²) in [6, 6.07) is 22.6. The smallest absolute Gasteiger partial charge is 0.160 e. The lowest BCUT2D eigenvalue weighted by molar-refractivity contribution is 0.236. The van der Waals surface area contributed by atoms with Gasteiger partial charge in [-0.1, -0.05) is 36.4 Å². The molecule has 2 heterocycles. The second kappa shape index (κ2) is 6.94. The number of rotatable bonds is 4. The molecule has 23 heavy (non-hydrogen) atoms. The van der Waals surface area contributed by atoms with Gasteiger partial charge in [-0.05, 0) is 43.8 Å². The van der Waals surface area contributed by atoms with Crippen LogP contribution in [0.25, 0.3) is 0 Å². The molecular weight excluding hydrogens is 321 g/mol. The van der Waals surface area contributed by atoms with Crippen molar-refractivity contribution in [1.29, 1.82) is 0 Å². The molecule has 0 N–H and O–H groups in total. The van der Waals surface area contributed by atoms with Gasteiger partial charge >= 0.3 is 0 Å². The lowest BCUT2D eigenvalue weighted by atomic mass is 10.1. The molecule has 1 unspecified atom stereocenters. The fourth-order valence-corrected chi connectivity index (χ4v) is 7.82. The van der Waals surface area contributed by atoms with E-state index in [2.05, 4.69) is 72.0 Å². The first kappa shape index (κ1) is 15.7. The third kappa shape index (κ3) is 3.21. The van der Waals surface area contributed by atoms with Crippen molar-refractivity contribution in [1.82, 2.24) is 4.67 Å². The SMILES string of the molecule is CP1O[C@H](C[S+](c2ccccc2)c2ccccc2)[C@@H]2CCCN21. The molecule has 0 aromatic heterocycles. The van der Waals surface area contributed by atoms with Gasteiger partial charge in [-0.3, -0.25) is 4.67 Å². The Labute approximate surface area is 143 Å². The maximum Gasteiger partial charge on any atom is 0.160 e. The molecular formula is C19H23NOPS+. The summed E-state index contributed by atoms with van der Waals surface area (Å²) < 4.78 is 9.02. The van der Waals surface area contributed by atoms with E-state index in [4.69, 9.17) is 4.52 Å². The van der Waals surface area contributed by atoms with Crippen molar-refractivity contribution in [3.63, 3.8) is 0 Å². The van der Waals surface area contributed by atoms with Gasteiger partial charge in [0, 0.05) is 12.6 Å². The average Bonchev–Trinajstić information content (AvgIpc) is 3.19. The summed E-state index contributed by atoms with van der Waals surface area (Å²) in [6.07, 6.45) is 3.03. The van der Waals surface area contributed by atoms with Crippen molar-refractivity contribution in [3.05, 3.63) is 60.7 Å². The van der Waals surface area contributed by atoms with Crippen LogP contribution < -0.4 is 0 Å². The van der Waals surface area contributed by atoms with E-state index in [-0.39, 0.29) is 19.2 Å². The van der Waals surface area contributed by atoms with Gasteiger partial charge in [0.15, 0.2) is 9.79 Å². The van der Waals surface area contributed by atoms with Gasteiger partial charge in [-0.2, -0.15) is 0 Å². The zero-order valence-electron chi connectivity index (χ0n) is 13.5. The molecule has 0 bridgehead atoms. The summed E-state index contributed by atoms with van der Waals surface area (Å²) in [5.41, 5.74) is 0. The minimum Gasteiger partial charge on any atom is -0.334 e. The highest BCUT2D eigenvalue weighted by Crippen LogP contribution is 2.52. The van der Waals surface area contributed by atoms with Crippen LogP contribution in [0.15, 0.2) is 70.5 Å². The molecule has 3 atom stereocenters. The predicted molar refractivity (Wildman–Crippen MR) is 99.1 cm³/mol. The Morgan fingerprint density at radius 2 is 1.65 bits per heavy atom. The molecule has 2 aromatic carbocycles. The fraction of sp³-hybridized carbons (Fsp3) is 0.368. The molecule has 2 aliphatic rings. The van der Waals surface area contributed by atoms with Crippen molar-refractivity contribution < 1.29 is 4.52 Å². The molecule has 2 saturated heterocycles. The van der Waals surface area contributed by atoms with E-state index < -0.39 is 0 Å². The van der Waals surface area contributed by atoms with Crippen LogP contribution in [0.2, 0.25) is 0 Å². The molecule has 120 valence electrons. The first-order valence-electron chi connectivity index (χ1n) is 8.31. The first-order valence-corrected chi connectivity index (χ1v) is 11.4. The van der Waals surface area contributed by atoms with E-state index in [0.29, 0.717) is 12.1 Å². The number of hydrogen-bond donors (Lipinski definition) is 0. The van der Waals surface area contributed by atoms with Gasteiger partial charge in [-0.25, -0.2) is 0 Å². The van der Waals surface area contributed by atoms with Crippen LogP contribution in [0, 0.1) is 0 Å². The molecule has 0 spiro atoms. The molecule has 0 saturated carbocycles. The van der Waals surface area contributed by atoms with Gasteiger partial charge in [0.2, 0.25) is 0 Å². The Hall–Kier alpha value is -0.860. The summed E-state index contributed by atoms with van der Waals surface area (Å²) in [5, 5.41) is 0. The monoisotopic (exact) mass is 344 g/mol. The standard InChI is InChI=1S/C19H23NOPS/c1-22-20-14-8-13-18(20)19(21-22)15-23(16-9-4-2-5-10-16)17-11-6-3-7-12-17/h2-7,9-12,18-19H,8,13-15H2,1H3/q+1/t18-,19+,22?/m0/s1. The van der Waals surface area contributed by atoms with Crippen LogP contribution in [0.3, 0.4) is 0 Å². The number of fused-ring (bicyclic) bond motifs is 1. The van der Waals surface area contributed by atoms with Crippen LogP contribution in [0.4, 0.5) is 0 Å². The van der Waals surface area contributed by atoms with Crippen LogP contribution in [-0.2, 0) is 15.4 Å². The zero-order chi connectivity index (χ0) is 15.6. The third-order valence-corrected chi connectivity index (χ3v) is 8.88. The second-order valence-electron chi connectivity index (χ2n) is 6.16. The van der Waals surface area contributed by atoms with Gasteiger partial charge in [-0.15, -0.1) is 0 Å². The molecule has 2 aliphatic heterocycles. The summed E-state index contributed by atoms with van der Waals surface area (Å²) in [5.74, 6) is 1.11. The van der Waals surface area contributed by atoms with Crippen molar-refractivity contribution in [2.24, 2.45) is 0 Å². The van der Waals surface area contributed by atoms with Gasteiger partial charge in [0.05, 0.1) is 10.9 Å². The fourth-order valence-electron chi connectivity index (χ4n) is 3.64. The highest BCUT2D eigenvalue weighted by molar-refractivity contribution is 7.97. The van der Waals surface area contributed by atoms with Crippen molar-refractivity contribution in [2.75, 3.05) is 19.0 Å². The summed E-state index contributed by atoms with van der Waals surface area (Å²) >= 11 is 0. The average molecular weight is 344 g/mol. The Morgan fingerprint density at radius 3 is 2.26 bits per heavy atom. The quantitative estimate of drug-likeness (QED) is 0.597. The Bertz CT molecular complexity index is 599. The van der Waals surface area contributed by atoms with Crippen LogP contribution >= 0.6 is 8.30 Å². The van der Waals surface area contributed by atoms with Crippen LogP contribution in [0.5, 0.6) is 0 Å². The topological polar surface area (TPSA) is 12.5 Å². The number of benzene rings is 2.